The summed E-state index contributed by atoms with van der Waals surface area (Å²) in [6, 6.07) is 6.47. The average molecular weight is 515 g/mol. The summed E-state index contributed by atoms with van der Waals surface area (Å²) in [6.07, 6.45) is 0.133. The molecule has 0 atom stereocenters. The van der Waals surface area contributed by atoms with Gasteiger partial charge in [-0.1, -0.05) is 11.6 Å². The molecule has 0 aliphatic heterocycles. The molecule has 2 aromatic carbocycles. The predicted octanol–water partition coefficient (Wildman–Crippen LogP) is 3.10. The van der Waals surface area contributed by atoms with Gasteiger partial charge in [-0.3, -0.25) is 14.4 Å². The largest absolute Gasteiger partial charge is 0.469 e. The summed E-state index contributed by atoms with van der Waals surface area (Å²) < 4.78 is 57.1. The number of anilines is 1. The van der Waals surface area contributed by atoms with Crippen LogP contribution in [0.25, 0.3) is 0 Å². The number of rotatable bonds is 8. The van der Waals surface area contributed by atoms with Crippen molar-refractivity contribution >= 4 is 44.9 Å². The fraction of sp³-hybridized carbons (Fsp3) is 0.318. The first-order valence-corrected chi connectivity index (χ1v) is 12.1. The molecule has 1 aliphatic rings. The predicted molar refractivity (Wildman–Crippen MR) is 119 cm³/mol. The first-order valence-electron chi connectivity index (χ1n) is 10.2. The fourth-order valence-corrected chi connectivity index (χ4v) is 5.79. The number of halogens is 3. The quantitative estimate of drug-likeness (QED) is 0.523. The summed E-state index contributed by atoms with van der Waals surface area (Å²) in [6.45, 7) is 0.0837. The number of ether oxygens (including phenoxy) is 1. The van der Waals surface area contributed by atoms with Crippen molar-refractivity contribution in [1.82, 2.24) is 5.32 Å². The Balaban J connectivity index is 1.66. The third kappa shape index (κ3) is 5.71. The van der Waals surface area contributed by atoms with Gasteiger partial charge in [0.25, 0.3) is 5.91 Å². The second-order valence-electron chi connectivity index (χ2n) is 7.68. The maximum absolute atomic E-state index is 13.4. The van der Waals surface area contributed by atoms with E-state index in [4.69, 9.17) is 11.6 Å². The lowest BCUT2D eigenvalue weighted by molar-refractivity contribution is -0.140. The van der Waals surface area contributed by atoms with Crippen molar-refractivity contribution in [3.8, 4) is 0 Å². The zero-order valence-corrected chi connectivity index (χ0v) is 19.5. The van der Waals surface area contributed by atoms with Crippen LogP contribution in [0, 0.1) is 17.6 Å². The molecule has 34 heavy (non-hydrogen) atoms. The van der Waals surface area contributed by atoms with Crippen molar-refractivity contribution < 1.29 is 36.3 Å². The minimum absolute atomic E-state index is 0.00567. The minimum atomic E-state index is -3.95. The molecule has 2 aromatic rings. The molecule has 2 N–H and O–H groups in total. The SMILES string of the molecule is COC(=O)CCNC(=O)C1CC(S(=O)(=O)c2cc(C(=O)Nc3ccc(F)c(F)c3)ccc2Cl)C1. The summed E-state index contributed by atoms with van der Waals surface area (Å²) in [5.74, 6) is -4.33. The Morgan fingerprint density at radius 2 is 1.79 bits per heavy atom. The van der Waals surface area contributed by atoms with Crippen LogP contribution in [0.4, 0.5) is 14.5 Å². The lowest BCUT2D eigenvalue weighted by Crippen LogP contribution is -2.45. The van der Waals surface area contributed by atoms with Crippen LogP contribution in [0.2, 0.25) is 5.02 Å². The molecule has 0 aromatic heterocycles. The topological polar surface area (TPSA) is 119 Å². The van der Waals surface area contributed by atoms with E-state index in [0.717, 1.165) is 24.3 Å². The molecular formula is C22H21ClF2N2O6S. The highest BCUT2D eigenvalue weighted by molar-refractivity contribution is 7.92. The van der Waals surface area contributed by atoms with Crippen LogP contribution in [-0.2, 0) is 24.2 Å². The Hall–Kier alpha value is -3.05. The Bertz CT molecular complexity index is 1230. The van der Waals surface area contributed by atoms with Crippen LogP contribution in [0.3, 0.4) is 0 Å². The summed E-state index contributed by atoms with van der Waals surface area (Å²) in [4.78, 5) is 35.5. The number of esters is 1. The van der Waals surface area contributed by atoms with Crippen LogP contribution in [0.5, 0.6) is 0 Å². The van der Waals surface area contributed by atoms with Gasteiger partial charge < -0.3 is 15.4 Å². The molecule has 0 spiro atoms. The highest BCUT2D eigenvalue weighted by atomic mass is 35.5. The molecule has 1 fully saturated rings. The fourth-order valence-electron chi connectivity index (χ4n) is 3.39. The van der Waals surface area contributed by atoms with E-state index in [1.807, 2.05) is 0 Å². The van der Waals surface area contributed by atoms with Gasteiger partial charge in [0.15, 0.2) is 21.5 Å². The van der Waals surface area contributed by atoms with Crippen LogP contribution < -0.4 is 10.6 Å². The average Bonchev–Trinajstić information content (AvgIpc) is 2.75. The number of nitrogens with one attached hydrogen (secondary N) is 2. The minimum Gasteiger partial charge on any atom is -0.469 e. The van der Waals surface area contributed by atoms with E-state index in [9.17, 15) is 31.6 Å². The molecule has 1 aliphatic carbocycles. The molecule has 1 saturated carbocycles. The standard InChI is InChI=1S/C22H21ClF2N2O6S/c1-33-20(28)6-7-26-21(29)13-8-15(9-13)34(31,32)19-10-12(2-4-16(19)23)22(30)27-14-3-5-17(24)18(25)11-14/h2-5,10-11,13,15H,6-9H2,1H3,(H,26,29)(H,27,30). The molecule has 8 nitrogen and oxygen atoms in total. The first kappa shape index (κ1) is 25.6. The Kier molecular flexibility index (Phi) is 7.88. The number of carbonyl (C=O) groups excluding carboxylic acids is 3. The van der Waals surface area contributed by atoms with Crippen LogP contribution in [-0.4, -0.2) is 45.1 Å². The van der Waals surface area contributed by atoms with Crippen molar-refractivity contribution in [1.29, 1.82) is 0 Å². The maximum atomic E-state index is 13.4. The molecule has 182 valence electrons. The number of carbonyl (C=O) groups is 3. The van der Waals surface area contributed by atoms with Gasteiger partial charge >= 0.3 is 5.97 Å². The molecule has 0 unspecified atom stereocenters. The van der Waals surface area contributed by atoms with E-state index in [0.29, 0.717) is 0 Å². The summed E-state index contributed by atoms with van der Waals surface area (Å²) in [7, 11) is -2.72. The lowest BCUT2D eigenvalue weighted by Gasteiger charge is -2.33. The van der Waals surface area contributed by atoms with Crippen molar-refractivity contribution in [2.24, 2.45) is 5.92 Å². The van der Waals surface area contributed by atoms with Crippen LogP contribution in [0.1, 0.15) is 29.6 Å². The molecule has 0 radical (unpaired) electrons. The van der Waals surface area contributed by atoms with Gasteiger partial charge in [0, 0.05) is 29.8 Å². The second kappa shape index (κ2) is 10.5. The van der Waals surface area contributed by atoms with E-state index in [1.165, 1.54) is 19.2 Å². The van der Waals surface area contributed by atoms with Crippen LogP contribution >= 0.6 is 11.6 Å². The van der Waals surface area contributed by atoms with Crippen molar-refractivity contribution in [2.75, 3.05) is 19.0 Å². The molecule has 3 rings (SSSR count). The number of benzene rings is 2. The molecule has 0 bridgehead atoms. The van der Waals surface area contributed by atoms with Crippen molar-refractivity contribution in [2.45, 2.75) is 29.4 Å². The Morgan fingerprint density at radius 1 is 1.09 bits per heavy atom. The number of hydrogen-bond donors (Lipinski definition) is 2. The highest BCUT2D eigenvalue weighted by Gasteiger charge is 2.43. The van der Waals surface area contributed by atoms with Gasteiger partial charge in [-0.2, -0.15) is 0 Å². The molecule has 0 saturated heterocycles. The number of hydrogen-bond acceptors (Lipinski definition) is 6. The smallest absolute Gasteiger partial charge is 0.307 e. The zero-order chi connectivity index (χ0) is 25.0. The molecular weight excluding hydrogens is 494 g/mol. The van der Waals surface area contributed by atoms with Crippen molar-refractivity contribution in [3.63, 3.8) is 0 Å². The molecule has 0 heterocycles. The van der Waals surface area contributed by atoms with Gasteiger partial charge in [-0.25, -0.2) is 17.2 Å². The van der Waals surface area contributed by atoms with E-state index >= 15 is 0 Å². The third-order valence-corrected chi connectivity index (χ3v) is 8.09. The summed E-state index contributed by atoms with van der Waals surface area (Å²) >= 11 is 6.09. The lowest BCUT2D eigenvalue weighted by atomic mass is 9.84. The monoisotopic (exact) mass is 514 g/mol. The zero-order valence-electron chi connectivity index (χ0n) is 17.9. The molecule has 2 amide bonds. The van der Waals surface area contributed by atoms with Gasteiger partial charge in [0.05, 0.1) is 28.7 Å². The van der Waals surface area contributed by atoms with Crippen LogP contribution in [0.15, 0.2) is 41.3 Å². The second-order valence-corrected chi connectivity index (χ2v) is 10.3. The third-order valence-electron chi connectivity index (χ3n) is 5.44. The van der Waals surface area contributed by atoms with E-state index in [1.54, 1.807) is 0 Å². The Morgan fingerprint density at radius 3 is 2.44 bits per heavy atom. The first-order chi connectivity index (χ1) is 16.0. The van der Waals surface area contributed by atoms with Gasteiger partial charge in [-0.15, -0.1) is 0 Å². The Labute approximate surface area is 199 Å². The van der Waals surface area contributed by atoms with Gasteiger partial charge in [-0.05, 0) is 43.2 Å². The number of methoxy groups -OCH3 is 1. The normalized spacial score (nSPS) is 17.4. The molecule has 12 heteroatoms. The van der Waals surface area contributed by atoms with Gasteiger partial charge in [0.1, 0.15) is 0 Å². The van der Waals surface area contributed by atoms with E-state index in [2.05, 4.69) is 15.4 Å². The number of amides is 2. The van der Waals surface area contributed by atoms with Crippen molar-refractivity contribution in [3.05, 3.63) is 58.6 Å². The summed E-state index contributed by atoms with van der Waals surface area (Å²) in [5, 5.41) is 3.97. The highest BCUT2D eigenvalue weighted by Crippen LogP contribution is 2.38. The van der Waals surface area contributed by atoms with E-state index < -0.39 is 44.5 Å². The summed E-state index contributed by atoms with van der Waals surface area (Å²) in [5.41, 5.74) is -0.0626. The maximum Gasteiger partial charge on any atom is 0.307 e. The van der Waals surface area contributed by atoms with E-state index in [-0.39, 0.29) is 52.9 Å². The van der Waals surface area contributed by atoms with Gasteiger partial charge in [0.2, 0.25) is 5.91 Å². The number of sulfone groups is 1.